The Labute approximate surface area is 108 Å². The van der Waals surface area contributed by atoms with E-state index < -0.39 is 5.97 Å². The van der Waals surface area contributed by atoms with Crippen LogP contribution in [0.4, 0.5) is 0 Å². The number of amides is 1. The lowest BCUT2D eigenvalue weighted by molar-refractivity contribution is -0.137. The summed E-state index contributed by atoms with van der Waals surface area (Å²) in [5.74, 6) is -0.817. The summed E-state index contributed by atoms with van der Waals surface area (Å²) in [7, 11) is 1.81. The molecule has 0 aliphatic heterocycles. The molecular formula is C13H22N2O3. The van der Waals surface area contributed by atoms with E-state index >= 15 is 0 Å². The minimum absolute atomic E-state index is 0.00683. The molecule has 1 amide bonds. The minimum atomic E-state index is -0.810. The van der Waals surface area contributed by atoms with Gasteiger partial charge in [0.25, 0.3) is 0 Å². The minimum Gasteiger partial charge on any atom is -0.481 e. The predicted molar refractivity (Wildman–Crippen MR) is 71.3 cm³/mol. The first-order chi connectivity index (χ1) is 8.51. The first kappa shape index (κ1) is 16.4. The lowest BCUT2D eigenvalue weighted by Crippen LogP contribution is -2.39. The molecule has 0 spiro atoms. The smallest absolute Gasteiger partial charge is 0.303 e. The van der Waals surface area contributed by atoms with Crippen LogP contribution in [-0.2, 0) is 9.59 Å². The quantitative estimate of drug-likeness (QED) is 0.590. The maximum Gasteiger partial charge on any atom is 0.303 e. The number of carbonyl (C=O) groups is 2. The molecule has 18 heavy (non-hydrogen) atoms. The van der Waals surface area contributed by atoms with Gasteiger partial charge >= 0.3 is 5.97 Å². The maximum absolute atomic E-state index is 11.9. The molecule has 0 rings (SSSR count). The second-order valence-electron chi connectivity index (χ2n) is 4.11. The highest BCUT2D eigenvalue weighted by molar-refractivity contribution is 5.78. The summed E-state index contributed by atoms with van der Waals surface area (Å²) < 4.78 is 0. The van der Waals surface area contributed by atoms with E-state index in [-0.39, 0.29) is 18.9 Å². The Bertz CT molecular complexity index is 293. The third-order valence-corrected chi connectivity index (χ3v) is 2.39. The maximum atomic E-state index is 11.9. The molecular weight excluding hydrogens is 232 g/mol. The second kappa shape index (κ2) is 9.41. The van der Waals surface area contributed by atoms with Gasteiger partial charge in [0.15, 0.2) is 0 Å². The summed E-state index contributed by atoms with van der Waals surface area (Å²) in [6.07, 6.45) is 4.02. The zero-order chi connectivity index (χ0) is 14.0. The number of hydrogen-bond donors (Lipinski definition) is 1. The fourth-order valence-corrected chi connectivity index (χ4v) is 1.50. The van der Waals surface area contributed by atoms with Gasteiger partial charge in [-0.15, -0.1) is 13.2 Å². The number of carboxylic acids is 1. The van der Waals surface area contributed by atoms with E-state index in [1.807, 2.05) is 4.90 Å². The van der Waals surface area contributed by atoms with Crippen molar-refractivity contribution >= 4 is 11.9 Å². The molecule has 1 N–H and O–H groups in total. The highest BCUT2D eigenvalue weighted by Gasteiger charge is 2.13. The Morgan fingerprint density at radius 2 is 1.78 bits per heavy atom. The van der Waals surface area contributed by atoms with Gasteiger partial charge in [-0.25, -0.2) is 0 Å². The van der Waals surface area contributed by atoms with Crippen molar-refractivity contribution in [1.29, 1.82) is 0 Å². The van der Waals surface area contributed by atoms with Crippen LogP contribution in [-0.4, -0.2) is 60.0 Å². The normalized spacial score (nSPS) is 10.1. The molecule has 0 saturated carbocycles. The number of hydrogen-bond acceptors (Lipinski definition) is 3. The van der Waals surface area contributed by atoms with Crippen molar-refractivity contribution in [3.8, 4) is 0 Å². The molecule has 0 aromatic carbocycles. The van der Waals surface area contributed by atoms with E-state index in [9.17, 15) is 9.59 Å². The van der Waals surface area contributed by atoms with Crippen LogP contribution in [0.1, 0.15) is 12.8 Å². The first-order valence-corrected chi connectivity index (χ1v) is 5.91. The van der Waals surface area contributed by atoms with Gasteiger partial charge < -0.3 is 10.0 Å². The zero-order valence-electron chi connectivity index (χ0n) is 11.0. The lowest BCUT2D eigenvalue weighted by Gasteiger charge is -2.23. The number of nitrogens with zero attached hydrogens (tertiary/aromatic N) is 2. The van der Waals surface area contributed by atoms with E-state index in [2.05, 4.69) is 13.2 Å². The van der Waals surface area contributed by atoms with Gasteiger partial charge in [0, 0.05) is 19.5 Å². The molecule has 0 fully saturated rings. The van der Waals surface area contributed by atoms with Gasteiger partial charge in [-0.3, -0.25) is 14.5 Å². The number of rotatable bonds is 10. The third-order valence-electron chi connectivity index (χ3n) is 2.39. The van der Waals surface area contributed by atoms with Gasteiger partial charge in [-0.2, -0.15) is 0 Å². The fraction of sp³-hybridized carbons (Fsp3) is 0.538. The number of aliphatic carboxylic acids is 1. The van der Waals surface area contributed by atoms with Crippen molar-refractivity contribution in [2.75, 3.05) is 33.2 Å². The van der Waals surface area contributed by atoms with Crippen LogP contribution in [0.2, 0.25) is 0 Å². The Morgan fingerprint density at radius 1 is 1.22 bits per heavy atom. The molecule has 0 aromatic rings. The van der Waals surface area contributed by atoms with Crippen LogP contribution in [0, 0.1) is 0 Å². The molecule has 0 aliphatic rings. The highest BCUT2D eigenvalue weighted by atomic mass is 16.4. The lowest BCUT2D eigenvalue weighted by atomic mass is 10.3. The summed E-state index contributed by atoms with van der Waals surface area (Å²) >= 11 is 0. The first-order valence-electron chi connectivity index (χ1n) is 5.91. The van der Waals surface area contributed by atoms with Crippen LogP contribution >= 0.6 is 0 Å². The largest absolute Gasteiger partial charge is 0.481 e. The van der Waals surface area contributed by atoms with Crippen molar-refractivity contribution in [1.82, 2.24) is 9.80 Å². The van der Waals surface area contributed by atoms with Gasteiger partial charge in [0.1, 0.15) is 0 Å². The van der Waals surface area contributed by atoms with Crippen LogP contribution in [0.25, 0.3) is 0 Å². The van der Waals surface area contributed by atoms with Gasteiger partial charge in [0.05, 0.1) is 6.54 Å². The van der Waals surface area contributed by atoms with E-state index in [1.54, 1.807) is 24.1 Å². The molecule has 0 aliphatic carbocycles. The Balaban J connectivity index is 4.05. The molecule has 0 heterocycles. The van der Waals surface area contributed by atoms with Crippen molar-refractivity contribution < 1.29 is 14.7 Å². The number of carbonyl (C=O) groups excluding carboxylic acids is 1. The molecule has 0 bridgehead atoms. The average Bonchev–Trinajstić information content (AvgIpc) is 2.28. The Hall–Kier alpha value is -1.62. The van der Waals surface area contributed by atoms with Crippen molar-refractivity contribution in [3.63, 3.8) is 0 Å². The summed E-state index contributed by atoms with van der Waals surface area (Å²) in [5.41, 5.74) is 0. The highest BCUT2D eigenvalue weighted by Crippen LogP contribution is 1.97. The molecule has 0 saturated heterocycles. The summed E-state index contributed by atoms with van der Waals surface area (Å²) in [4.78, 5) is 25.7. The predicted octanol–water partition coefficient (Wildman–Crippen LogP) is 0.984. The molecule has 0 radical (unpaired) electrons. The van der Waals surface area contributed by atoms with Gasteiger partial charge in [-0.05, 0) is 20.0 Å². The van der Waals surface area contributed by atoms with E-state index in [0.717, 1.165) is 0 Å². The van der Waals surface area contributed by atoms with Crippen molar-refractivity contribution in [3.05, 3.63) is 25.3 Å². The second-order valence-corrected chi connectivity index (χ2v) is 4.11. The Morgan fingerprint density at radius 3 is 2.22 bits per heavy atom. The van der Waals surface area contributed by atoms with Gasteiger partial charge in [0.2, 0.25) is 5.91 Å². The molecule has 5 nitrogen and oxygen atoms in total. The topological polar surface area (TPSA) is 60.9 Å². The van der Waals surface area contributed by atoms with Crippen molar-refractivity contribution in [2.45, 2.75) is 12.8 Å². The summed E-state index contributed by atoms with van der Waals surface area (Å²) in [6.45, 7) is 9.07. The van der Waals surface area contributed by atoms with Gasteiger partial charge in [-0.1, -0.05) is 12.2 Å². The van der Waals surface area contributed by atoms with Crippen LogP contribution in [0.3, 0.4) is 0 Å². The number of carboxylic acid groups (broad SMARTS) is 1. The third kappa shape index (κ3) is 7.62. The molecule has 0 atom stereocenters. The number of likely N-dealkylation sites (N-methyl/N-ethyl adjacent to an activating group) is 1. The van der Waals surface area contributed by atoms with Crippen LogP contribution in [0.15, 0.2) is 25.3 Å². The molecule has 102 valence electrons. The fourth-order valence-electron chi connectivity index (χ4n) is 1.50. The standard InChI is InChI=1S/C13H22N2O3/c1-4-8-15(9-5-2)12(16)11-14(3)10-6-7-13(17)18/h4-5H,1-2,6-11H2,3H3,(H,17,18). The van der Waals surface area contributed by atoms with E-state index in [1.165, 1.54) is 0 Å². The monoisotopic (exact) mass is 254 g/mol. The van der Waals surface area contributed by atoms with E-state index in [4.69, 9.17) is 5.11 Å². The summed E-state index contributed by atoms with van der Waals surface area (Å²) in [5, 5.41) is 8.52. The average molecular weight is 254 g/mol. The zero-order valence-corrected chi connectivity index (χ0v) is 11.0. The van der Waals surface area contributed by atoms with Crippen LogP contribution in [0.5, 0.6) is 0 Å². The molecule has 0 unspecified atom stereocenters. The SMILES string of the molecule is C=CCN(CC=C)C(=O)CN(C)CCCC(=O)O. The van der Waals surface area contributed by atoms with E-state index in [0.29, 0.717) is 26.1 Å². The van der Waals surface area contributed by atoms with Crippen LogP contribution < -0.4 is 0 Å². The summed E-state index contributed by atoms with van der Waals surface area (Å²) in [6, 6.07) is 0. The van der Waals surface area contributed by atoms with Crippen molar-refractivity contribution in [2.24, 2.45) is 0 Å². The molecule has 0 aromatic heterocycles. The molecule has 5 heteroatoms. The Kier molecular flexibility index (Phi) is 8.57.